The summed E-state index contributed by atoms with van der Waals surface area (Å²) in [6.45, 7) is 6.68. The number of amides is 2. The van der Waals surface area contributed by atoms with Gasteiger partial charge in [0.15, 0.2) is 0 Å². The molecule has 2 rings (SSSR count). The van der Waals surface area contributed by atoms with Crippen LogP contribution in [0.15, 0.2) is 24.5 Å². The highest BCUT2D eigenvalue weighted by atomic mass is 32.1. The zero-order chi connectivity index (χ0) is 16.8. The Hall–Kier alpha value is -1.95. The third-order valence-corrected chi connectivity index (χ3v) is 4.88. The lowest BCUT2D eigenvalue weighted by Gasteiger charge is -2.27. The van der Waals surface area contributed by atoms with Crippen molar-refractivity contribution in [2.45, 2.75) is 46.2 Å². The molecule has 23 heavy (non-hydrogen) atoms. The van der Waals surface area contributed by atoms with E-state index in [1.165, 1.54) is 0 Å². The molecule has 0 unspecified atom stereocenters. The second-order valence-corrected chi connectivity index (χ2v) is 6.72. The molecule has 0 fully saturated rings. The van der Waals surface area contributed by atoms with E-state index in [0.717, 1.165) is 34.0 Å². The third-order valence-electron chi connectivity index (χ3n) is 3.86. The fourth-order valence-electron chi connectivity index (χ4n) is 2.66. The summed E-state index contributed by atoms with van der Waals surface area (Å²) in [6.07, 6.45) is 5.29. The van der Waals surface area contributed by atoms with E-state index >= 15 is 0 Å². The van der Waals surface area contributed by atoms with Crippen LogP contribution in [-0.4, -0.2) is 27.9 Å². The molecule has 2 heterocycles. The van der Waals surface area contributed by atoms with E-state index in [1.807, 2.05) is 32.3 Å². The zero-order valence-corrected chi connectivity index (χ0v) is 15.0. The van der Waals surface area contributed by atoms with Crippen LogP contribution in [0.2, 0.25) is 0 Å². The minimum atomic E-state index is -0.0752. The smallest absolute Gasteiger partial charge is 0.317 e. The fourth-order valence-corrected chi connectivity index (χ4v) is 3.62. The number of aryl methyl sites for hydroxylation is 2. The Morgan fingerprint density at radius 1 is 1.43 bits per heavy atom. The van der Waals surface area contributed by atoms with Gasteiger partial charge in [0.05, 0.1) is 23.3 Å². The Morgan fingerprint density at radius 3 is 2.83 bits per heavy atom. The van der Waals surface area contributed by atoms with Crippen molar-refractivity contribution in [1.29, 1.82) is 0 Å². The molecule has 0 radical (unpaired) electrons. The first-order valence-electron chi connectivity index (χ1n) is 7.92. The lowest BCUT2D eigenvalue weighted by molar-refractivity contribution is 0.188. The van der Waals surface area contributed by atoms with Crippen molar-refractivity contribution in [3.05, 3.63) is 45.7 Å². The number of carbonyl (C=O) groups is 1. The molecule has 1 N–H and O–H groups in total. The van der Waals surface area contributed by atoms with Crippen LogP contribution in [0.1, 0.15) is 47.5 Å². The summed E-state index contributed by atoms with van der Waals surface area (Å²) in [5.74, 6) is 0. The summed E-state index contributed by atoms with van der Waals surface area (Å²) in [7, 11) is 1.83. The van der Waals surface area contributed by atoms with Crippen molar-refractivity contribution in [3.63, 3.8) is 0 Å². The van der Waals surface area contributed by atoms with Gasteiger partial charge in [-0.2, -0.15) is 0 Å². The lowest BCUT2D eigenvalue weighted by atomic mass is 10.1. The van der Waals surface area contributed by atoms with Crippen molar-refractivity contribution < 1.29 is 4.79 Å². The van der Waals surface area contributed by atoms with Gasteiger partial charge in [-0.05, 0) is 31.4 Å². The first kappa shape index (κ1) is 17.4. The van der Waals surface area contributed by atoms with Gasteiger partial charge >= 0.3 is 6.03 Å². The van der Waals surface area contributed by atoms with E-state index in [2.05, 4.69) is 29.1 Å². The predicted molar refractivity (Wildman–Crippen MR) is 93.5 cm³/mol. The van der Waals surface area contributed by atoms with Crippen LogP contribution < -0.4 is 5.32 Å². The molecule has 124 valence electrons. The summed E-state index contributed by atoms with van der Waals surface area (Å²) >= 11 is 1.65. The van der Waals surface area contributed by atoms with Crippen molar-refractivity contribution in [2.24, 2.45) is 0 Å². The SMILES string of the molecule is CCc1nc(C)sc1CNC(=O)N(C)[C@@H](CC)c1cccnc1. The van der Waals surface area contributed by atoms with E-state index in [1.54, 1.807) is 22.4 Å². The topological polar surface area (TPSA) is 58.1 Å². The minimum Gasteiger partial charge on any atom is -0.333 e. The Morgan fingerprint density at radius 2 is 2.22 bits per heavy atom. The van der Waals surface area contributed by atoms with E-state index in [9.17, 15) is 4.79 Å². The highest BCUT2D eigenvalue weighted by Gasteiger charge is 2.20. The molecule has 0 bridgehead atoms. The van der Waals surface area contributed by atoms with Crippen molar-refractivity contribution in [2.75, 3.05) is 7.05 Å². The van der Waals surface area contributed by atoms with Gasteiger partial charge in [0.1, 0.15) is 0 Å². The summed E-state index contributed by atoms with van der Waals surface area (Å²) < 4.78 is 0. The number of thiazole rings is 1. The summed E-state index contributed by atoms with van der Waals surface area (Å²) in [5.41, 5.74) is 2.13. The maximum Gasteiger partial charge on any atom is 0.317 e. The highest BCUT2D eigenvalue weighted by molar-refractivity contribution is 7.11. The molecule has 0 aliphatic heterocycles. The van der Waals surface area contributed by atoms with E-state index < -0.39 is 0 Å². The minimum absolute atomic E-state index is 0.0255. The van der Waals surface area contributed by atoms with Gasteiger partial charge in [-0.15, -0.1) is 11.3 Å². The second-order valence-electron chi connectivity index (χ2n) is 5.44. The zero-order valence-electron chi connectivity index (χ0n) is 14.2. The number of aromatic nitrogens is 2. The van der Waals surface area contributed by atoms with Crippen molar-refractivity contribution >= 4 is 17.4 Å². The van der Waals surface area contributed by atoms with Gasteiger partial charge in [0, 0.05) is 24.3 Å². The van der Waals surface area contributed by atoms with Crippen LogP contribution in [-0.2, 0) is 13.0 Å². The van der Waals surface area contributed by atoms with E-state index in [-0.39, 0.29) is 12.1 Å². The molecule has 0 aromatic carbocycles. The summed E-state index contributed by atoms with van der Waals surface area (Å²) in [6, 6.07) is 3.86. The molecule has 0 spiro atoms. The maximum atomic E-state index is 12.5. The molecule has 0 aliphatic rings. The van der Waals surface area contributed by atoms with Gasteiger partial charge in [0.2, 0.25) is 0 Å². The second kappa shape index (κ2) is 8.06. The average molecular weight is 332 g/mol. The maximum absolute atomic E-state index is 12.5. The fraction of sp³-hybridized carbons (Fsp3) is 0.471. The molecule has 2 amide bonds. The first-order chi connectivity index (χ1) is 11.1. The number of pyridine rings is 1. The van der Waals surface area contributed by atoms with Gasteiger partial charge in [-0.25, -0.2) is 9.78 Å². The Labute approximate surface area is 141 Å². The Kier molecular flexibility index (Phi) is 6.10. The van der Waals surface area contributed by atoms with Crippen LogP contribution in [0.25, 0.3) is 0 Å². The third kappa shape index (κ3) is 4.28. The first-order valence-corrected chi connectivity index (χ1v) is 8.74. The standard InChI is InChI=1S/C17H24N4OS/c1-5-14-16(23-12(3)20-14)11-19-17(22)21(4)15(6-2)13-8-7-9-18-10-13/h7-10,15H,5-6,11H2,1-4H3,(H,19,22)/t15-/m0/s1. The average Bonchev–Trinajstić information content (AvgIpc) is 2.94. The van der Waals surface area contributed by atoms with Gasteiger partial charge < -0.3 is 10.2 Å². The number of hydrogen-bond acceptors (Lipinski definition) is 4. The normalized spacial score (nSPS) is 12.0. The highest BCUT2D eigenvalue weighted by Crippen LogP contribution is 2.22. The van der Waals surface area contributed by atoms with Crippen LogP contribution in [0, 0.1) is 6.92 Å². The number of nitrogens with one attached hydrogen (secondary N) is 1. The summed E-state index contributed by atoms with van der Waals surface area (Å²) in [5, 5.41) is 4.05. The number of nitrogens with zero attached hydrogens (tertiary/aromatic N) is 3. The van der Waals surface area contributed by atoms with Gasteiger partial charge in [-0.3, -0.25) is 4.98 Å². The number of rotatable bonds is 6. The molecule has 5 nitrogen and oxygen atoms in total. The van der Waals surface area contributed by atoms with Crippen LogP contribution in [0.3, 0.4) is 0 Å². The molecular weight excluding hydrogens is 308 g/mol. The van der Waals surface area contributed by atoms with Crippen LogP contribution in [0.5, 0.6) is 0 Å². The predicted octanol–water partition coefficient (Wildman–Crippen LogP) is 3.70. The molecule has 0 saturated carbocycles. The van der Waals surface area contributed by atoms with Gasteiger partial charge in [0.25, 0.3) is 0 Å². The molecule has 0 aliphatic carbocycles. The van der Waals surface area contributed by atoms with E-state index in [4.69, 9.17) is 0 Å². The number of hydrogen-bond donors (Lipinski definition) is 1. The van der Waals surface area contributed by atoms with E-state index in [0.29, 0.717) is 6.54 Å². The number of carbonyl (C=O) groups excluding carboxylic acids is 1. The Bertz CT molecular complexity index is 641. The van der Waals surface area contributed by atoms with Crippen molar-refractivity contribution in [3.8, 4) is 0 Å². The molecule has 0 saturated heterocycles. The summed E-state index contributed by atoms with van der Waals surface area (Å²) in [4.78, 5) is 24.0. The largest absolute Gasteiger partial charge is 0.333 e. The molecule has 2 aromatic heterocycles. The molecule has 2 aromatic rings. The number of urea groups is 1. The molecular formula is C17H24N4OS. The van der Waals surface area contributed by atoms with Gasteiger partial charge in [-0.1, -0.05) is 19.9 Å². The van der Waals surface area contributed by atoms with Crippen LogP contribution >= 0.6 is 11.3 Å². The Balaban J connectivity index is 2.01. The lowest BCUT2D eigenvalue weighted by Crippen LogP contribution is -2.39. The van der Waals surface area contributed by atoms with Crippen LogP contribution in [0.4, 0.5) is 4.79 Å². The monoisotopic (exact) mass is 332 g/mol. The van der Waals surface area contributed by atoms with Crippen molar-refractivity contribution in [1.82, 2.24) is 20.2 Å². The molecule has 6 heteroatoms. The quantitative estimate of drug-likeness (QED) is 0.877. The molecule has 1 atom stereocenters.